The average molecular weight is 299 g/mol. The molecule has 1 rings (SSSR count). The van der Waals surface area contributed by atoms with E-state index in [0.29, 0.717) is 19.5 Å². The van der Waals surface area contributed by atoms with Gasteiger partial charge in [-0.05, 0) is 26.2 Å². The number of nitrogens with one attached hydrogen (secondary N) is 2. The van der Waals surface area contributed by atoms with Gasteiger partial charge in [0.2, 0.25) is 5.91 Å². The summed E-state index contributed by atoms with van der Waals surface area (Å²) in [7, 11) is 0. The zero-order valence-electron chi connectivity index (χ0n) is 12.9. The van der Waals surface area contributed by atoms with E-state index in [9.17, 15) is 14.4 Å². The molecule has 7 nitrogen and oxygen atoms in total. The van der Waals surface area contributed by atoms with Crippen molar-refractivity contribution in [3.8, 4) is 0 Å². The van der Waals surface area contributed by atoms with Crippen LogP contribution in [0.1, 0.15) is 40.0 Å². The van der Waals surface area contributed by atoms with Crippen LogP contribution in [0.5, 0.6) is 0 Å². The van der Waals surface area contributed by atoms with Crippen LogP contribution in [0.4, 0.5) is 4.79 Å². The van der Waals surface area contributed by atoms with Gasteiger partial charge in [0.1, 0.15) is 0 Å². The minimum atomic E-state index is -0.940. The maximum atomic E-state index is 12.0. The fourth-order valence-corrected chi connectivity index (χ4v) is 2.25. The van der Waals surface area contributed by atoms with Crippen molar-refractivity contribution in [3.63, 3.8) is 0 Å². The molecule has 1 heterocycles. The molecule has 1 saturated heterocycles. The van der Waals surface area contributed by atoms with Crippen LogP contribution in [0, 0.1) is 5.41 Å². The second kappa shape index (κ2) is 7.28. The van der Waals surface area contributed by atoms with Gasteiger partial charge in [0.05, 0.1) is 5.41 Å². The molecule has 3 amide bonds. The van der Waals surface area contributed by atoms with Gasteiger partial charge in [0.15, 0.2) is 0 Å². The molecule has 1 aliphatic rings. The average Bonchev–Trinajstić information content (AvgIpc) is 2.44. The summed E-state index contributed by atoms with van der Waals surface area (Å²) in [4.78, 5) is 35.9. The van der Waals surface area contributed by atoms with Crippen molar-refractivity contribution in [1.82, 2.24) is 15.5 Å². The summed E-state index contributed by atoms with van der Waals surface area (Å²) >= 11 is 0. The lowest BCUT2D eigenvalue weighted by atomic mass is 9.88. The molecule has 0 aromatic rings. The molecule has 0 aromatic carbocycles. The fourth-order valence-electron chi connectivity index (χ4n) is 2.25. The molecule has 7 heteroatoms. The van der Waals surface area contributed by atoms with Gasteiger partial charge in [-0.3, -0.25) is 9.59 Å². The number of carboxylic acid groups (broad SMARTS) is 1. The number of nitrogens with zero attached hydrogens (tertiary/aromatic N) is 1. The maximum absolute atomic E-state index is 12.0. The quantitative estimate of drug-likeness (QED) is 0.699. The van der Waals surface area contributed by atoms with E-state index >= 15 is 0 Å². The van der Waals surface area contributed by atoms with Crippen LogP contribution in [0.2, 0.25) is 0 Å². The molecular weight excluding hydrogens is 274 g/mol. The largest absolute Gasteiger partial charge is 0.481 e. The van der Waals surface area contributed by atoms with Crippen LogP contribution in [0.25, 0.3) is 0 Å². The first-order valence-electron chi connectivity index (χ1n) is 7.31. The normalized spacial score (nSPS) is 18.7. The lowest BCUT2D eigenvalue weighted by Gasteiger charge is -2.33. The van der Waals surface area contributed by atoms with Crippen LogP contribution < -0.4 is 10.6 Å². The lowest BCUT2D eigenvalue weighted by molar-refractivity contribution is -0.147. The van der Waals surface area contributed by atoms with Crippen LogP contribution in [0.15, 0.2) is 0 Å². The topological polar surface area (TPSA) is 98.7 Å². The van der Waals surface area contributed by atoms with Crippen molar-refractivity contribution >= 4 is 17.9 Å². The molecule has 120 valence electrons. The fraction of sp³-hybridized carbons (Fsp3) is 0.786. The third-order valence-corrected chi connectivity index (χ3v) is 4.12. The smallest absolute Gasteiger partial charge is 0.317 e. The standard InChI is InChI=1S/C14H25N3O4/c1-4-14(3,12(19)20)9-15-13(21)17-7-5-11(6-8-17)16-10(2)18/h11H,4-9H2,1-3H3,(H,15,21)(H,16,18)(H,19,20). The summed E-state index contributed by atoms with van der Waals surface area (Å²) in [6.07, 6.45) is 1.89. The molecule has 0 saturated carbocycles. The number of hydrogen-bond acceptors (Lipinski definition) is 3. The van der Waals surface area contributed by atoms with Crippen molar-refractivity contribution in [2.75, 3.05) is 19.6 Å². The zero-order chi connectivity index (χ0) is 16.0. The predicted molar refractivity (Wildman–Crippen MR) is 77.8 cm³/mol. The Morgan fingerprint density at radius 1 is 1.29 bits per heavy atom. The molecular formula is C14H25N3O4. The van der Waals surface area contributed by atoms with Gasteiger partial charge in [0.25, 0.3) is 0 Å². The first kappa shape index (κ1) is 17.3. The van der Waals surface area contributed by atoms with Crippen LogP contribution in [0.3, 0.4) is 0 Å². The SMILES string of the molecule is CCC(C)(CNC(=O)N1CCC(NC(C)=O)CC1)C(=O)O. The minimum Gasteiger partial charge on any atom is -0.481 e. The highest BCUT2D eigenvalue weighted by Gasteiger charge is 2.32. The van der Waals surface area contributed by atoms with Crippen molar-refractivity contribution in [1.29, 1.82) is 0 Å². The maximum Gasteiger partial charge on any atom is 0.317 e. The number of likely N-dealkylation sites (tertiary alicyclic amines) is 1. The summed E-state index contributed by atoms with van der Waals surface area (Å²) in [6, 6.07) is -0.122. The number of piperidine rings is 1. The third-order valence-electron chi connectivity index (χ3n) is 4.12. The van der Waals surface area contributed by atoms with Crippen LogP contribution in [-0.4, -0.2) is 53.6 Å². The number of carbonyl (C=O) groups is 3. The first-order chi connectivity index (χ1) is 9.78. The molecule has 0 aromatic heterocycles. The van der Waals surface area contributed by atoms with E-state index in [2.05, 4.69) is 10.6 Å². The monoisotopic (exact) mass is 299 g/mol. The Morgan fingerprint density at radius 2 is 1.86 bits per heavy atom. The van der Waals surface area contributed by atoms with Gasteiger partial charge in [-0.1, -0.05) is 6.92 Å². The van der Waals surface area contributed by atoms with Gasteiger partial charge in [0, 0.05) is 32.6 Å². The number of urea groups is 1. The van der Waals surface area contributed by atoms with Gasteiger partial charge < -0.3 is 20.6 Å². The van der Waals surface area contributed by atoms with Gasteiger partial charge >= 0.3 is 12.0 Å². The molecule has 1 unspecified atom stereocenters. The van der Waals surface area contributed by atoms with E-state index in [0.717, 1.165) is 12.8 Å². The number of aliphatic carboxylic acids is 1. The van der Waals surface area contributed by atoms with Crippen LogP contribution in [-0.2, 0) is 9.59 Å². The van der Waals surface area contributed by atoms with E-state index in [-0.39, 0.29) is 24.5 Å². The van der Waals surface area contributed by atoms with E-state index in [1.165, 1.54) is 6.92 Å². The highest BCUT2D eigenvalue weighted by atomic mass is 16.4. The Hall–Kier alpha value is -1.79. The summed E-state index contributed by atoms with van der Waals surface area (Å²) in [5.41, 5.74) is -0.940. The molecule has 21 heavy (non-hydrogen) atoms. The van der Waals surface area contributed by atoms with Crippen molar-refractivity contribution in [2.24, 2.45) is 5.41 Å². The number of rotatable bonds is 5. The summed E-state index contributed by atoms with van der Waals surface area (Å²) in [5.74, 6) is -0.965. The number of amides is 3. The minimum absolute atomic E-state index is 0.0573. The van der Waals surface area contributed by atoms with E-state index in [1.54, 1.807) is 18.7 Å². The highest BCUT2D eigenvalue weighted by molar-refractivity contribution is 5.78. The van der Waals surface area contributed by atoms with Gasteiger partial charge in [-0.15, -0.1) is 0 Å². The highest BCUT2D eigenvalue weighted by Crippen LogP contribution is 2.20. The second-order valence-electron chi connectivity index (χ2n) is 5.84. The van der Waals surface area contributed by atoms with E-state index in [4.69, 9.17) is 5.11 Å². The summed E-state index contributed by atoms with van der Waals surface area (Å²) < 4.78 is 0. The Morgan fingerprint density at radius 3 is 2.29 bits per heavy atom. The number of carboxylic acids is 1. The second-order valence-corrected chi connectivity index (χ2v) is 5.84. The lowest BCUT2D eigenvalue weighted by Crippen LogP contribution is -2.51. The third kappa shape index (κ3) is 4.91. The van der Waals surface area contributed by atoms with Crippen LogP contribution >= 0.6 is 0 Å². The Balaban J connectivity index is 2.41. The summed E-state index contributed by atoms with van der Waals surface area (Å²) in [6.45, 7) is 6.14. The predicted octanol–water partition coefficient (Wildman–Crippen LogP) is 0.797. The van der Waals surface area contributed by atoms with E-state index < -0.39 is 11.4 Å². The molecule has 3 N–H and O–H groups in total. The molecule has 0 spiro atoms. The zero-order valence-corrected chi connectivity index (χ0v) is 12.9. The molecule has 0 bridgehead atoms. The number of hydrogen-bond donors (Lipinski definition) is 3. The van der Waals surface area contributed by atoms with Crippen molar-refractivity contribution in [3.05, 3.63) is 0 Å². The van der Waals surface area contributed by atoms with Gasteiger partial charge in [-0.25, -0.2) is 4.79 Å². The Bertz CT molecular complexity index is 405. The molecule has 1 fully saturated rings. The van der Waals surface area contributed by atoms with Crippen molar-refractivity contribution in [2.45, 2.75) is 46.1 Å². The van der Waals surface area contributed by atoms with E-state index in [1.807, 2.05) is 0 Å². The molecule has 1 atom stereocenters. The molecule has 1 aliphatic heterocycles. The Kier molecular flexibility index (Phi) is 5.99. The molecule has 0 aliphatic carbocycles. The molecule has 0 radical (unpaired) electrons. The first-order valence-corrected chi connectivity index (χ1v) is 7.31. The summed E-state index contributed by atoms with van der Waals surface area (Å²) in [5, 5.41) is 14.7. The Labute approximate surface area is 125 Å². The van der Waals surface area contributed by atoms with Gasteiger partial charge in [-0.2, -0.15) is 0 Å². The van der Waals surface area contributed by atoms with Crippen molar-refractivity contribution < 1.29 is 19.5 Å². The number of carbonyl (C=O) groups excluding carboxylic acids is 2.